The Hall–Kier alpha value is -1.57. The van der Waals surface area contributed by atoms with Crippen molar-refractivity contribution in [3.63, 3.8) is 0 Å². The fourth-order valence-corrected chi connectivity index (χ4v) is 1.33. The van der Waals surface area contributed by atoms with Gasteiger partial charge in [0.25, 0.3) is 0 Å². The Kier molecular flexibility index (Phi) is 6.95. The average molecular weight is 254 g/mol. The van der Waals surface area contributed by atoms with E-state index in [-0.39, 0.29) is 24.4 Å². The lowest BCUT2D eigenvalue weighted by molar-refractivity contribution is -0.122. The molecular formula is C12H16ClN3O. The van der Waals surface area contributed by atoms with Crippen molar-refractivity contribution in [3.8, 4) is 6.07 Å². The number of nitriles is 1. The molecule has 0 aliphatic rings. The monoisotopic (exact) mass is 253 g/mol. The number of likely N-dealkylation sites (N-methyl/N-ethyl adjacent to an activating group) is 1. The van der Waals surface area contributed by atoms with Crippen LogP contribution in [0.5, 0.6) is 0 Å². The zero-order valence-corrected chi connectivity index (χ0v) is 10.7. The Labute approximate surface area is 107 Å². The zero-order valence-electron chi connectivity index (χ0n) is 9.86. The van der Waals surface area contributed by atoms with E-state index in [0.717, 1.165) is 5.56 Å². The van der Waals surface area contributed by atoms with Crippen molar-refractivity contribution < 1.29 is 4.79 Å². The minimum atomic E-state index is -0.240. The van der Waals surface area contributed by atoms with Crippen LogP contribution in [0.25, 0.3) is 0 Å². The first-order valence-electron chi connectivity index (χ1n) is 5.11. The van der Waals surface area contributed by atoms with E-state index in [1.165, 1.54) is 0 Å². The van der Waals surface area contributed by atoms with E-state index < -0.39 is 0 Å². The van der Waals surface area contributed by atoms with Crippen molar-refractivity contribution in [1.29, 1.82) is 5.26 Å². The number of carbonyl (C=O) groups excluding carboxylic acids is 1. The van der Waals surface area contributed by atoms with E-state index in [9.17, 15) is 4.79 Å². The first kappa shape index (κ1) is 15.4. The molecule has 2 N–H and O–H groups in total. The van der Waals surface area contributed by atoms with E-state index in [2.05, 4.69) is 16.7 Å². The van der Waals surface area contributed by atoms with Gasteiger partial charge in [0.2, 0.25) is 5.91 Å². The van der Waals surface area contributed by atoms with Crippen molar-refractivity contribution in [2.75, 3.05) is 7.05 Å². The van der Waals surface area contributed by atoms with Gasteiger partial charge in [-0.1, -0.05) is 12.1 Å². The summed E-state index contributed by atoms with van der Waals surface area (Å²) in [6, 6.07) is 9.16. The molecule has 5 heteroatoms. The summed E-state index contributed by atoms with van der Waals surface area (Å²) < 4.78 is 0. The van der Waals surface area contributed by atoms with Crippen molar-refractivity contribution in [1.82, 2.24) is 10.6 Å². The van der Waals surface area contributed by atoms with E-state index in [1.54, 1.807) is 20.0 Å². The maximum atomic E-state index is 11.2. The smallest absolute Gasteiger partial charge is 0.236 e. The quantitative estimate of drug-likeness (QED) is 0.848. The second kappa shape index (κ2) is 7.66. The number of hydrogen-bond acceptors (Lipinski definition) is 3. The Morgan fingerprint density at radius 3 is 2.82 bits per heavy atom. The molecule has 0 aromatic heterocycles. The Balaban J connectivity index is 0.00000256. The summed E-state index contributed by atoms with van der Waals surface area (Å²) in [6.45, 7) is 2.37. The van der Waals surface area contributed by atoms with Crippen LogP contribution >= 0.6 is 12.4 Å². The third-order valence-corrected chi connectivity index (χ3v) is 2.31. The molecule has 0 saturated heterocycles. The zero-order chi connectivity index (χ0) is 12.0. The molecule has 0 heterocycles. The molecule has 17 heavy (non-hydrogen) atoms. The van der Waals surface area contributed by atoms with Gasteiger partial charge in [-0.2, -0.15) is 5.26 Å². The Morgan fingerprint density at radius 2 is 2.24 bits per heavy atom. The molecule has 1 rings (SSSR count). The molecule has 1 amide bonds. The lowest BCUT2D eigenvalue weighted by atomic mass is 10.1. The van der Waals surface area contributed by atoms with E-state index in [1.807, 2.05) is 18.2 Å². The fourth-order valence-electron chi connectivity index (χ4n) is 1.33. The van der Waals surface area contributed by atoms with Crippen LogP contribution in [-0.4, -0.2) is 19.0 Å². The summed E-state index contributed by atoms with van der Waals surface area (Å²) in [5, 5.41) is 14.4. The number of rotatable bonds is 4. The van der Waals surface area contributed by atoms with Gasteiger partial charge in [-0.3, -0.25) is 4.79 Å². The summed E-state index contributed by atoms with van der Waals surface area (Å²) in [4.78, 5) is 11.2. The minimum absolute atomic E-state index is 0. The highest BCUT2D eigenvalue weighted by atomic mass is 35.5. The lowest BCUT2D eigenvalue weighted by Gasteiger charge is -2.12. The van der Waals surface area contributed by atoms with Gasteiger partial charge in [-0.05, 0) is 24.6 Å². The molecule has 0 aliphatic carbocycles. The van der Waals surface area contributed by atoms with E-state index in [4.69, 9.17) is 5.26 Å². The standard InChI is InChI=1S/C12H15N3O.ClH/c1-9(12(16)14-2)15-8-11-5-3-4-10(6-11)7-13;/h3-6,9,15H,8H2,1-2H3,(H,14,16);1H/t9-;/m1./s1. The summed E-state index contributed by atoms with van der Waals surface area (Å²) >= 11 is 0. The van der Waals surface area contributed by atoms with Crippen molar-refractivity contribution in [3.05, 3.63) is 35.4 Å². The van der Waals surface area contributed by atoms with Crippen molar-refractivity contribution >= 4 is 18.3 Å². The lowest BCUT2D eigenvalue weighted by Crippen LogP contribution is -2.40. The topological polar surface area (TPSA) is 64.9 Å². The van der Waals surface area contributed by atoms with Gasteiger partial charge < -0.3 is 10.6 Å². The van der Waals surface area contributed by atoms with Gasteiger partial charge in [0.05, 0.1) is 17.7 Å². The van der Waals surface area contributed by atoms with Gasteiger partial charge in [0.1, 0.15) is 0 Å². The number of halogens is 1. The van der Waals surface area contributed by atoms with Gasteiger partial charge in [-0.25, -0.2) is 0 Å². The molecule has 0 fully saturated rings. The highest BCUT2D eigenvalue weighted by Gasteiger charge is 2.09. The van der Waals surface area contributed by atoms with Crippen LogP contribution in [0.1, 0.15) is 18.1 Å². The number of amides is 1. The molecule has 0 spiro atoms. The van der Waals surface area contributed by atoms with Crippen LogP contribution in [0.4, 0.5) is 0 Å². The maximum Gasteiger partial charge on any atom is 0.236 e. The van der Waals surface area contributed by atoms with Crippen LogP contribution in [-0.2, 0) is 11.3 Å². The highest BCUT2D eigenvalue weighted by Crippen LogP contribution is 2.03. The molecule has 0 radical (unpaired) electrons. The molecule has 1 aromatic carbocycles. The first-order valence-corrected chi connectivity index (χ1v) is 5.11. The highest BCUT2D eigenvalue weighted by molar-refractivity contribution is 5.85. The molecule has 1 aromatic rings. The third-order valence-electron chi connectivity index (χ3n) is 2.31. The molecule has 92 valence electrons. The van der Waals surface area contributed by atoms with Gasteiger partial charge in [0.15, 0.2) is 0 Å². The largest absolute Gasteiger partial charge is 0.358 e. The Morgan fingerprint density at radius 1 is 1.53 bits per heavy atom. The number of benzene rings is 1. The summed E-state index contributed by atoms with van der Waals surface area (Å²) in [7, 11) is 1.61. The van der Waals surface area contributed by atoms with Crippen LogP contribution < -0.4 is 10.6 Å². The molecule has 0 bridgehead atoms. The molecule has 0 unspecified atom stereocenters. The van der Waals surface area contributed by atoms with Crippen LogP contribution in [0.15, 0.2) is 24.3 Å². The van der Waals surface area contributed by atoms with E-state index >= 15 is 0 Å². The Bertz CT molecular complexity index is 414. The SMILES string of the molecule is CNC(=O)[C@@H](C)NCc1cccc(C#N)c1.Cl. The maximum absolute atomic E-state index is 11.2. The summed E-state index contributed by atoms with van der Waals surface area (Å²) in [5.74, 6) is -0.0450. The predicted octanol–water partition coefficient (Wildman–Crippen LogP) is 1.20. The number of carbonyl (C=O) groups is 1. The first-order chi connectivity index (χ1) is 7.67. The normalized spacial score (nSPS) is 10.9. The van der Waals surface area contributed by atoms with Gasteiger partial charge in [0, 0.05) is 13.6 Å². The van der Waals surface area contributed by atoms with Gasteiger partial charge >= 0.3 is 0 Å². The fraction of sp³-hybridized carbons (Fsp3) is 0.333. The van der Waals surface area contributed by atoms with Crippen LogP contribution in [0, 0.1) is 11.3 Å². The average Bonchev–Trinajstić information content (AvgIpc) is 2.35. The molecular weight excluding hydrogens is 238 g/mol. The van der Waals surface area contributed by atoms with Crippen LogP contribution in [0.2, 0.25) is 0 Å². The molecule has 0 aliphatic heterocycles. The van der Waals surface area contributed by atoms with Crippen molar-refractivity contribution in [2.24, 2.45) is 0 Å². The van der Waals surface area contributed by atoms with Crippen molar-refractivity contribution in [2.45, 2.75) is 19.5 Å². The van der Waals surface area contributed by atoms with E-state index in [0.29, 0.717) is 12.1 Å². The number of nitrogens with one attached hydrogen (secondary N) is 2. The number of hydrogen-bond donors (Lipinski definition) is 2. The second-order valence-corrected chi connectivity index (χ2v) is 3.53. The summed E-state index contributed by atoms with van der Waals surface area (Å²) in [6.07, 6.45) is 0. The minimum Gasteiger partial charge on any atom is -0.358 e. The predicted molar refractivity (Wildman–Crippen MR) is 68.8 cm³/mol. The molecule has 0 saturated carbocycles. The number of nitrogens with zero attached hydrogens (tertiary/aromatic N) is 1. The van der Waals surface area contributed by atoms with Crippen LogP contribution in [0.3, 0.4) is 0 Å². The third kappa shape index (κ3) is 4.85. The molecule has 4 nitrogen and oxygen atoms in total. The summed E-state index contributed by atoms with van der Waals surface area (Å²) in [5.41, 5.74) is 1.63. The molecule has 1 atom stereocenters. The second-order valence-electron chi connectivity index (χ2n) is 3.53. The van der Waals surface area contributed by atoms with Gasteiger partial charge in [-0.15, -0.1) is 12.4 Å².